The van der Waals surface area contributed by atoms with Crippen LogP contribution in [0.3, 0.4) is 0 Å². The van der Waals surface area contributed by atoms with E-state index in [4.69, 9.17) is 15.2 Å². The Bertz CT molecular complexity index is 401. The van der Waals surface area contributed by atoms with Crippen LogP contribution in [0.2, 0.25) is 0 Å². The SMILES string of the molecule is CC(C)c1cccc(C(C)C)c1OCOC(=O)CN. The zero-order chi connectivity index (χ0) is 14.4. The molecule has 0 amide bonds. The molecule has 0 saturated heterocycles. The normalized spacial score (nSPS) is 10.9. The fourth-order valence-corrected chi connectivity index (χ4v) is 1.86. The minimum Gasteiger partial charge on any atom is -0.457 e. The third-order valence-electron chi connectivity index (χ3n) is 2.91. The maximum atomic E-state index is 11.0. The first-order valence-corrected chi connectivity index (χ1v) is 6.58. The van der Waals surface area contributed by atoms with Crippen molar-refractivity contribution in [2.45, 2.75) is 39.5 Å². The van der Waals surface area contributed by atoms with Gasteiger partial charge in [0.05, 0.1) is 6.54 Å². The molecule has 0 fully saturated rings. The summed E-state index contributed by atoms with van der Waals surface area (Å²) >= 11 is 0. The largest absolute Gasteiger partial charge is 0.457 e. The zero-order valence-corrected chi connectivity index (χ0v) is 12.1. The van der Waals surface area contributed by atoms with E-state index in [9.17, 15) is 4.79 Å². The van der Waals surface area contributed by atoms with E-state index >= 15 is 0 Å². The van der Waals surface area contributed by atoms with Gasteiger partial charge in [-0.2, -0.15) is 0 Å². The highest BCUT2D eigenvalue weighted by Crippen LogP contribution is 2.34. The molecule has 0 aliphatic carbocycles. The van der Waals surface area contributed by atoms with Gasteiger partial charge in [-0.1, -0.05) is 45.9 Å². The van der Waals surface area contributed by atoms with Crippen LogP contribution in [0.5, 0.6) is 5.75 Å². The van der Waals surface area contributed by atoms with Crippen molar-refractivity contribution in [3.63, 3.8) is 0 Å². The summed E-state index contributed by atoms with van der Waals surface area (Å²) in [6.45, 7) is 8.21. The van der Waals surface area contributed by atoms with Gasteiger partial charge < -0.3 is 15.2 Å². The highest BCUT2D eigenvalue weighted by atomic mass is 16.7. The smallest absolute Gasteiger partial charge is 0.322 e. The lowest BCUT2D eigenvalue weighted by Gasteiger charge is -2.19. The van der Waals surface area contributed by atoms with E-state index in [2.05, 4.69) is 27.7 Å². The van der Waals surface area contributed by atoms with E-state index in [0.29, 0.717) is 11.8 Å². The molecule has 0 radical (unpaired) electrons. The predicted molar refractivity (Wildman–Crippen MR) is 75.3 cm³/mol. The highest BCUT2D eigenvalue weighted by molar-refractivity contribution is 5.71. The summed E-state index contributed by atoms with van der Waals surface area (Å²) in [5.74, 6) is 1.04. The summed E-state index contributed by atoms with van der Waals surface area (Å²) in [6, 6.07) is 6.11. The van der Waals surface area contributed by atoms with Crippen molar-refractivity contribution in [3.8, 4) is 5.75 Å². The molecule has 2 N–H and O–H groups in total. The molecule has 0 aliphatic rings. The van der Waals surface area contributed by atoms with Gasteiger partial charge in [0.2, 0.25) is 6.79 Å². The van der Waals surface area contributed by atoms with Crippen LogP contribution < -0.4 is 10.5 Å². The number of carbonyl (C=O) groups is 1. The van der Waals surface area contributed by atoms with Crippen LogP contribution in [0.25, 0.3) is 0 Å². The number of para-hydroxylation sites is 1. The predicted octanol–water partition coefficient (Wildman–Crippen LogP) is 2.77. The Labute approximate surface area is 114 Å². The molecular weight excluding hydrogens is 242 g/mol. The summed E-state index contributed by atoms with van der Waals surface area (Å²) in [5, 5.41) is 0. The van der Waals surface area contributed by atoms with Gasteiger partial charge in [-0.05, 0) is 23.0 Å². The standard InChI is InChI=1S/C15H23NO3/c1-10(2)12-6-5-7-13(11(3)4)15(12)19-9-18-14(17)8-16/h5-7,10-11H,8-9,16H2,1-4H3. The quantitative estimate of drug-likeness (QED) is 0.634. The molecule has 0 atom stereocenters. The molecule has 1 aromatic carbocycles. The number of hydrogen-bond acceptors (Lipinski definition) is 4. The topological polar surface area (TPSA) is 61.5 Å². The van der Waals surface area contributed by atoms with E-state index in [1.54, 1.807) is 0 Å². The lowest BCUT2D eigenvalue weighted by atomic mass is 9.94. The molecule has 0 unspecified atom stereocenters. The van der Waals surface area contributed by atoms with Gasteiger partial charge >= 0.3 is 5.97 Å². The fraction of sp³-hybridized carbons (Fsp3) is 0.533. The first kappa shape index (κ1) is 15.5. The Morgan fingerprint density at radius 3 is 2.11 bits per heavy atom. The summed E-state index contributed by atoms with van der Waals surface area (Å²) in [6.07, 6.45) is 0. The number of hydrogen-bond donors (Lipinski definition) is 1. The van der Waals surface area contributed by atoms with E-state index < -0.39 is 5.97 Å². The zero-order valence-electron chi connectivity index (χ0n) is 12.1. The van der Waals surface area contributed by atoms with Crippen molar-refractivity contribution in [2.24, 2.45) is 5.73 Å². The van der Waals surface area contributed by atoms with Crippen molar-refractivity contribution in [1.29, 1.82) is 0 Å². The van der Waals surface area contributed by atoms with Crippen LogP contribution in [0.1, 0.15) is 50.7 Å². The number of esters is 1. The van der Waals surface area contributed by atoms with Gasteiger partial charge in [0.15, 0.2) is 0 Å². The van der Waals surface area contributed by atoms with Crippen LogP contribution in [0.4, 0.5) is 0 Å². The maximum Gasteiger partial charge on any atom is 0.322 e. The second kappa shape index (κ2) is 7.14. The molecule has 19 heavy (non-hydrogen) atoms. The molecule has 0 aliphatic heterocycles. The van der Waals surface area contributed by atoms with Gasteiger partial charge in [-0.15, -0.1) is 0 Å². The molecule has 4 nitrogen and oxygen atoms in total. The van der Waals surface area contributed by atoms with Crippen LogP contribution in [0.15, 0.2) is 18.2 Å². The fourth-order valence-electron chi connectivity index (χ4n) is 1.86. The van der Waals surface area contributed by atoms with Crippen molar-refractivity contribution in [2.75, 3.05) is 13.3 Å². The summed E-state index contributed by atoms with van der Waals surface area (Å²) < 4.78 is 10.5. The van der Waals surface area contributed by atoms with Gasteiger partial charge in [-0.3, -0.25) is 4.79 Å². The molecule has 0 bridgehead atoms. The Morgan fingerprint density at radius 1 is 1.16 bits per heavy atom. The summed E-state index contributed by atoms with van der Waals surface area (Å²) in [5.41, 5.74) is 7.42. The first-order chi connectivity index (χ1) is 8.97. The summed E-state index contributed by atoms with van der Waals surface area (Å²) in [4.78, 5) is 11.0. The second-order valence-electron chi connectivity index (χ2n) is 5.06. The van der Waals surface area contributed by atoms with Crippen molar-refractivity contribution in [1.82, 2.24) is 0 Å². The Morgan fingerprint density at radius 2 is 1.68 bits per heavy atom. The monoisotopic (exact) mass is 265 g/mol. The lowest BCUT2D eigenvalue weighted by molar-refractivity contribution is -0.148. The molecule has 106 valence electrons. The number of nitrogens with two attached hydrogens (primary N) is 1. The molecule has 0 spiro atoms. The lowest BCUT2D eigenvalue weighted by Crippen LogP contribution is -2.19. The molecule has 1 aromatic rings. The molecule has 0 heterocycles. The number of benzene rings is 1. The Kier molecular flexibility index (Phi) is 5.83. The van der Waals surface area contributed by atoms with Crippen LogP contribution >= 0.6 is 0 Å². The molecule has 0 aromatic heterocycles. The van der Waals surface area contributed by atoms with Crippen LogP contribution in [-0.2, 0) is 9.53 Å². The first-order valence-electron chi connectivity index (χ1n) is 6.58. The molecule has 1 rings (SSSR count). The second-order valence-corrected chi connectivity index (χ2v) is 5.06. The number of carbonyl (C=O) groups excluding carboxylic acids is 1. The molecule has 4 heteroatoms. The Hall–Kier alpha value is -1.55. The van der Waals surface area contributed by atoms with Crippen molar-refractivity contribution >= 4 is 5.97 Å². The van der Waals surface area contributed by atoms with E-state index in [1.165, 1.54) is 0 Å². The average Bonchev–Trinajstić information content (AvgIpc) is 2.37. The van der Waals surface area contributed by atoms with E-state index in [1.807, 2.05) is 18.2 Å². The van der Waals surface area contributed by atoms with Crippen LogP contribution in [-0.4, -0.2) is 19.3 Å². The Balaban J connectivity index is 2.91. The van der Waals surface area contributed by atoms with E-state index in [-0.39, 0.29) is 13.3 Å². The van der Waals surface area contributed by atoms with Crippen molar-refractivity contribution < 1.29 is 14.3 Å². The summed E-state index contributed by atoms with van der Waals surface area (Å²) in [7, 11) is 0. The van der Waals surface area contributed by atoms with E-state index in [0.717, 1.165) is 16.9 Å². The third-order valence-corrected chi connectivity index (χ3v) is 2.91. The number of ether oxygens (including phenoxy) is 2. The van der Waals surface area contributed by atoms with Crippen molar-refractivity contribution in [3.05, 3.63) is 29.3 Å². The van der Waals surface area contributed by atoms with Gasteiger partial charge in [0, 0.05) is 0 Å². The van der Waals surface area contributed by atoms with Gasteiger partial charge in [0.1, 0.15) is 5.75 Å². The minimum atomic E-state index is -0.465. The van der Waals surface area contributed by atoms with Crippen LogP contribution in [0, 0.1) is 0 Å². The van der Waals surface area contributed by atoms with Gasteiger partial charge in [-0.25, -0.2) is 0 Å². The third kappa shape index (κ3) is 4.24. The average molecular weight is 265 g/mol. The maximum absolute atomic E-state index is 11.0. The number of rotatable bonds is 6. The molecule has 0 saturated carbocycles. The highest BCUT2D eigenvalue weighted by Gasteiger charge is 2.15. The molecular formula is C15H23NO3. The minimum absolute atomic E-state index is 0.0977. The van der Waals surface area contributed by atoms with Gasteiger partial charge in [0.25, 0.3) is 0 Å².